The summed E-state index contributed by atoms with van der Waals surface area (Å²) in [6, 6.07) is 3.95. The van der Waals surface area contributed by atoms with Crippen molar-refractivity contribution in [3.63, 3.8) is 0 Å². The van der Waals surface area contributed by atoms with E-state index in [1.54, 1.807) is 13.8 Å². The summed E-state index contributed by atoms with van der Waals surface area (Å²) in [4.78, 5) is 22.2. The third-order valence-corrected chi connectivity index (χ3v) is 4.02. The van der Waals surface area contributed by atoms with Crippen molar-refractivity contribution in [3.8, 4) is 0 Å². The molecular formula is C13H18N2O5S. The van der Waals surface area contributed by atoms with Crippen LogP contribution in [0.5, 0.6) is 0 Å². The number of carbonyl (C=O) groups is 2. The van der Waals surface area contributed by atoms with Crippen LogP contribution in [0.15, 0.2) is 18.2 Å². The molecule has 7 nitrogen and oxygen atoms in total. The molecule has 0 radical (unpaired) electrons. The van der Waals surface area contributed by atoms with E-state index in [1.807, 2.05) is 0 Å². The van der Waals surface area contributed by atoms with E-state index in [2.05, 4.69) is 10.0 Å². The minimum Gasteiger partial charge on any atom is -0.478 e. The van der Waals surface area contributed by atoms with E-state index in [-0.39, 0.29) is 34.5 Å². The molecule has 3 N–H and O–H groups in total. The van der Waals surface area contributed by atoms with Crippen molar-refractivity contribution in [2.75, 3.05) is 15.8 Å². The lowest BCUT2D eigenvalue weighted by molar-refractivity contribution is -0.114. The van der Waals surface area contributed by atoms with Gasteiger partial charge in [0.2, 0.25) is 15.9 Å². The van der Waals surface area contributed by atoms with Gasteiger partial charge >= 0.3 is 5.97 Å². The third-order valence-electron chi connectivity index (χ3n) is 2.39. The summed E-state index contributed by atoms with van der Waals surface area (Å²) >= 11 is 0. The first-order valence-corrected chi connectivity index (χ1v) is 7.91. The Balaban J connectivity index is 3.13. The van der Waals surface area contributed by atoms with Crippen molar-refractivity contribution in [1.29, 1.82) is 0 Å². The van der Waals surface area contributed by atoms with E-state index in [0.717, 1.165) is 0 Å². The molecule has 0 heterocycles. The Hall–Kier alpha value is -2.09. The maximum absolute atomic E-state index is 11.9. The normalized spacial score (nSPS) is 11.2. The fraction of sp³-hybridized carbons (Fsp3) is 0.385. The Bertz CT molecular complexity index is 653. The first-order chi connectivity index (χ1) is 9.60. The smallest absolute Gasteiger partial charge is 0.337 e. The summed E-state index contributed by atoms with van der Waals surface area (Å²) in [5, 5.41) is 11.6. The Morgan fingerprint density at radius 1 is 1.29 bits per heavy atom. The first-order valence-electron chi connectivity index (χ1n) is 6.26. The molecule has 116 valence electrons. The van der Waals surface area contributed by atoms with Crippen molar-refractivity contribution >= 4 is 33.3 Å². The summed E-state index contributed by atoms with van der Waals surface area (Å²) in [5.74, 6) is -1.84. The summed E-state index contributed by atoms with van der Waals surface area (Å²) < 4.78 is 26.0. The number of aromatic carboxylic acids is 1. The van der Waals surface area contributed by atoms with E-state index in [0.29, 0.717) is 0 Å². The van der Waals surface area contributed by atoms with Crippen LogP contribution in [0, 0.1) is 5.92 Å². The van der Waals surface area contributed by atoms with Gasteiger partial charge in [0.15, 0.2) is 0 Å². The maximum Gasteiger partial charge on any atom is 0.337 e. The fourth-order valence-electron chi connectivity index (χ4n) is 1.74. The molecule has 0 spiro atoms. The van der Waals surface area contributed by atoms with Crippen LogP contribution in [0.4, 0.5) is 11.4 Å². The van der Waals surface area contributed by atoms with Gasteiger partial charge in [-0.05, 0) is 24.1 Å². The molecule has 0 saturated carbocycles. The predicted octanol–water partition coefficient (Wildman–Crippen LogP) is 1.74. The van der Waals surface area contributed by atoms with Gasteiger partial charge in [-0.25, -0.2) is 13.2 Å². The van der Waals surface area contributed by atoms with Gasteiger partial charge < -0.3 is 10.4 Å². The molecule has 0 aliphatic heterocycles. The molecule has 0 aromatic heterocycles. The number of carboxylic acid groups (broad SMARTS) is 1. The number of hydrogen-bond donors (Lipinski definition) is 3. The van der Waals surface area contributed by atoms with Crippen molar-refractivity contribution < 1.29 is 23.1 Å². The van der Waals surface area contributed by atoms with E-state index in [9.17, 15) is 18.0 Å². The second kappa shape index (κ2) is 6.57. The monoisotopic (exact) mass is 314 g/mol. The first kappa shape index (κ1) is 17.0. The van der Waals surface area contributed by atoms with Gasteiger partial charge in [-0.15, -0.1) is 0 Å². The van der Waals surface area contributed by atoms with E-state index < -0.39 is 16.0 Å². The highest BCUT2D eigenvalue weighted by atomic mass is 32.2. The predicted molar refractivity (Wildman–Crippen MR) is 80.0 cm³/mol. The molecular weight excluding hydrogens is 296 g/mol. The van der Waals surface area contributed by atoms with Crippen LogP contribution in [0.25, 0.3) is 0 Å². The number of anilines is 2. The van der Waals surface area contributed by atoms with Gasteiger partial charge in [0.05, 0.1) is 17.0 Å². The summed E-state index contributed by atoms with van der Waals surface area (Å²) in [6.45, 7) is 4.79. The molecule has 0 aliphatic rings. The number of nitrogens with one attached hydrogen (secondary N) is 2. The highest BCUT2D eigenvalue weighted by molar-refractivity contribution is 7.92. The van der Waals surface area contributed by atoms with E-state index in [1.165, 1.54) is 25.1 Å². The standard InChI is InChI=1S/C13H18N2O5S/c1-8(2)7-21(19,20)15-12-5-4-10(14-9(3)16)6-11(12)13(17)18/h4-6,8,15H,7H2,1-3H3,(H,14,16)(H,17,18). The van der Waals surface area contributed by atoms with Crippen molar-refractivity contribution in [1.82, 2.24) is 0 Å². The quantitative estimate of drug-likeness (QED) is 0.740. The number of amides is 1. The Labute approximate surface area is 123 Å². The number of rotatable bonds is 6. The molecule has 1 aromatic carbocycles. The second-order valence-corrected chi connectivity index (χ2v) is 6.79. The average Bonchev–Trinajstić information content (AvgIpc) is 2.27. The van der Waals surface area contributed by atoms with E-state index in [4.69, 9.17) is 5.11 Å². The van der Waals surface area contributed by atoms with Crippen molar-refractivity contribution in [2.45, 2.75) is 20.8 Å². The van der Waals surface area contributed by atoms with Gasteiger partial charge in [0.25, 0.3) is 0 Å². The highest BCUT2D eigenvalue weighted by Crippen LogP contribution is 2.22. The lowest BCUT2D eigenvalue weighted by atomic mass is 10.1. The molecule has 0 unspecified atom stereocenters. The minimum absolute atomic E-state index is 0.0303. The second-order valence-electron chi connectivity index (χ2n) is 5.02. The minimum atomic E-state index is -3.63. The molecule has 21 heavy (non-hydrogen) atoms. The Kier molecular flexibility index (Phi) is 5.31. The Morgan fingerprint density at radius 2 is 1.90 bits per heavy atom. The lowest BCUT2D eigenvalue weighted by Gasteiger charge is -2.13. The van der Waals surface area contributed by atoms with Gasteiger partial charge in [0.1, 0.15) is 0 Å². The zero-order valence-corrected chi connectivity index (χ0v) is 12.8. The SMILES string of the molecule is CC(=O)Nc1ccc(NS(=O)(=O)CC(C)C)c(C(=O)O)c1. The largest absolute Gasteiger partial charge is 0.478 e. The van der Waals surface area contributed by atoms with Crippen LogP contribution in [0.1, 0.15) is 31.1 Å². The van der Waals surface area contributed by atoms with Crippen LogP contribution in [-0.4, -0.2) is 31.2 Å². The van der Waals surface area contributed by atoms with Crippen molar-refractivity contribution in [2.24, 2.45) is 5.92 Å². The molecule has 0 fully saturated rings. The van der Waals surface area contributed by atoms with Crippen LogP contribution >= 0.6 is 0 Å². The Morgan fingerprint density at radius 3 is 2.38 bits per heavy atom. The molecule has 8 heteroatoms. The number of hydrogen-bond acceptors (Lipinski definition) is 4. The van der Waals surface area contributed by atoms with E-state index >= 15 is 0 Å². The van der Waals surface area contributed by atoms with Crippen LogP contribution in [0.2, 0.25) is 0 Å². The molecule has 1 aromatic rings. The highest BCUT2D eigenvalue weighted by Gasteiger charge is 2.18. The summed E-state index contributed by atoms with van der Waals surface area (Å²) in [5.41, 5.74) is 0.0255. The zero-order valence-electron chi connectivity index (χ0n) is 12.0. The van der Waals surface area contributed by atoms with Gasteiger partial charge in [0, 0.05) is 12.6 Å². The number of carboxylic acids is 1. The number of benzene rings is 1. The fourth-order valence-corrected chi connectivity index (χ4v) is 3.21. The molecule has 0 aliphatic carbocycles. The third kappa shape index (κ3) is 5.42. The lowest BCUT2D eigenvalue weighted by Crippen LogP contribution is -2.21. The molecule has 1 rings (SSSR count). The van der Waals surface area contributed by atoms with Gasteiger partial charge in [-0.2, -0.15) is 0 Å². The maximum atomic E-state index is 11.9. The van der Waals surface area contributed by atoms with Crippen LogP contribution in [-0.2, 0) is 14.8 Å². The molecule has 0 atom stereocenters. The molecule has 1 amide bonds. The van der Waals surface area contributed by atoms with Gasteiger partial charge in [-0.1, -0.05) is 13.8 Å². The number of sulfonamides is 1. The summed E-state index contributed by atoms with van der Waals surface area (Å²) in [6.07, 6.45) is 0. The molecule has 0 saturated heterocycles. The molecule has 0 bridgehead atoms. The van der Waals surface area contributed by atoms with Crippen LogP contribution < -0.4 is 10.0 Å². The topological polar surface area (TPSA) is 113 Å². The number of carbonyl (C=O) groups excluding carboxylic acids is 1. The van der Waals surface area contributed by atoms with Crippen molar-refractivity contribution in [3.05, 3.63) is 23.8 Å². The summed E-state index contributed by atoms with van der Waals surface area (Å²) in [7, 11) is -3.63. The zero-order chi connectivity index (χ0) is 16.2. The van der Waals surface area contributed by atoms with Crippen LogP contribution in [0.3, 0.4) is 0 Å². The van der Waals surface area contributed by atoms with Gasteiger partial charge in [-0.3, -0.25) is 9.52 Å². The average molecular weight is 314 g/mol.